The van der Waals surface area contributed by atoms with E-state index in [9.17, 15) is 17.9 Å². The molecule has 3 heterocycles. The number of H-pyrrole nitrogens is 1. The van der Waals surface area contributed by atoms with Crippen molar-refractivity contribution in [1.29, 1.82) is 0 Å². The van der Waals surface area contributed by atoms with Crippen LogP contribution in [0.1, 0.15) is 19.5 Å². The Balaban J connectivity index is 1.63. The highest BCUT2D eigenvalue weighted by molar-refractivity contribution is 7.90. The Hall–Kier alpha value is -3.51. The highest BCUT2D eigenvalue weighted by Crippen LogP contribution is 2.32. The fourth-order valence-electron chi connectivity index (χ4n) is 3.26. The predicted molar refractivity (Wildman–Crippen MR) is 125 cm³/mol. The van der Waals surface area contributed by atoms with E-state index in [0.29, 0.717) is 41.0 Å². The normalized spacial score (nSPS) is 17.4. The Bertz CT molecular complexity index is 1320. The van der Waals surface area contributed by atoms with Gasteiger partial charge >= 0.3 is 0 Å². The molecule has 3 atom stereocenters. The molecule has 0 amide bonds. The lowest BCUT2D eigenvalue weighted by molar-refractivity contribution is 0.145. The molecule has 10 nitrogen and oxygen atoms in total. The van der Waals surface area contributed by atoms with Crippen molar-refractivity contribution in [3.63, 3.8) is 0 Å². The van der Waals surface area contributed by atoms with E-state index in [1.54, 1.807) is 38.1 Å². The maximum absolute atomic E-state index is 13.1. The van der Waals surface area contributed by atoms with Crippen LogP contribution in [0.4, 0.5) is 4.39 Å². The number of hydrogen-bond acceptors (Lipinski definition) is 9. The lowest BCUT2D eigenvalue weighted by Gasteiger charge is -2.14. The molecular formula is C23H25FN4O6S. The van der Waals surface area contributed by atoms with E-state index in [-0.39, 0.29) is 16.9 Å². The molecule has 0 fully saturated rings. The van der Waals surface area contributed by atoms with E-state index in [1.165, 1.54) is 6.20 Å². The zero-order chi connectivity index (χ0) is 25.2. The van der Waals surface area contributed by atoms with Crippen LogP contribution in [-0.2, 0) is 14.6 Å². The second-order valence-electron chi connectivity index (χ2n) is 8.18. The third-order valence-electron chi connectivity index (χ3n) is 5.10. The van der Waals surface area contributed by atoms with Gasteiger partial charge in [-0.1, -0.05) is 0 Å². The minimum atomic E-state index is -3.49. The summed E-state index contributed by atoms with van der Waals surface area (Å²) in [5.74, 6) is 1.16. The molecule has 1 aliphatic rings. The predicted octanol–water partition coefficient (Wildman–Crippen LogP) is 2.93. The maximum Gasteiger partial charge on any atom is 0.237 e. The third-order valence-corrected chi connectivity index (χ3v) is 6.07. The number of aliphatic imine (C=N–C) groups is 1. The molecule has 0 aliphatic carbocycles. The summed E-state index contributed by atoms with van der Waals surface area (Å²) >= 11 is 0. The largest absolute Gasteiger partial charge is 0.488 e. The molecular weight excluding hydrogens is 479 g/mol. The maximum atomic E-state index is 13.1. The lowest BCUT2D eigenvalue weighted by Crippen LogP contribution is -2.21. The van der Waals surface area contributed by atoms with Gasteiger partial charge in [0.05, 0.1) is 18.5 Å². The minimum absolute atomic E-state index is 0.0732. The van der Waals surface area contributed by atoms with Crippen molar-refractivity contribution in [3.05, 3.63) is 48.4 Å². The quantitative estimate of drug-likeness (QED) is 0.454. The lowest BCUT2D eigenvalue weighted by atomic mass is 10.1. The van der Waals surface area contributed by atoms with Crippen LogP contribution in [0.25, 0.3) is 11.3 Å². The van der Waals surface area contributed by atoms with Gasteiger partial charge in [0, 0.05) is 23.6 Å². The molecule has 0 saturated carbocycles. The Labute approximate surface area is 201 Å². The van der Waals surface area contributed by atoms with E-state index in [1.807, 2.05) is 6.07 Å². The number of nitrogens with zero attached hydrogens (tertiary/aromatic N) is 3. The zero-order valence-electron chi connectivity index (χ0n) is 19.3. The smallest absolute Gasteiger partial charge is 0.237 e. The van der Waals surface area contributed by atoms with Gasteiger partial charge in [-0.15, -0.1) is 0 Å². The number of aromatic nitrogens is 3. The van der Waals surface area contributed by atoms with Crippen LogP contribution in [0, 0.1) is 0 Å². The fourth-order valence-corrected chi connectivity index (χ4v) is 3.75. The van der Waals surface area contributed by atoms with Crippen molar-refractivity contribution in [2.75, 3.05) is 19.5 Å². The summed E-state index contributed by atoms with van der Waals surface area (Å²) in [6, 6.07) is 8.30. The summed E-state index contributed by atoms with van der Waals surface area (Å²) in [5.41, 5.74) is 1.99. The number of benzene rings is 1. The summed E-state index contributed by atoms with van der Waals surface area (Å²) in [4.78, 5) is 15.5. The van der Waals surface area contributed by atoms with Gasteiger partial charge in [0.1, 0.15) is 42.6 Å². The van der Waals surface area contributed by atoms with Crippen LogP contribution >= 0.6 is 0 Å². The summed E-state index contributed by atoms with van der Waals surface area (Å²) in [7, 11) is -3.49. The van der Waals surface area contributed by atoms with Gasteiger partial charge in [-0.05, 0) is 38.1 Å². The number of halogens is 1. The molecule has 2 N–H and O–H groups in total. The van der Waals surface area contributed by atoms with Gasteiger partial charge in [-0.3, -0.25) is 0 Å². The first-order valence-electron chi connectivity index (χ1n) is 10.8. The van der Waals surface area contributed by atoms with Crippen LogP contribution in [0.5, 0.6) is 17.4 Å². The van der Waals surface area contributed by atoms with E-state index >= 15 is 0 Å². The van der Waals surface area contributed by atoms with Gasteiger partial charge in [0.25, 0.3) is 0 Å². The molecule has 3 aromatic rings. The zero-order valence-corrected chi connectivity index (χ0v) is 20.1. The molecule has 1 aromatic carbocycles. The molecule has 2 aromatic heterocycles. The second kappa shape index (κ2) is 10.0. The molecule has 4 rings (SSSR count). The number of aromatic amines is 1. The molecule has 1 aliphatic heterocycles. The Morgan fingerprint density at radius 2 is 1.91 bits per heavy atom. The molecule has 12 heteroatoms. The first-order valence-corrected chi connectivity index (χ1v) is 12.7. The number of alkyl halides is 1. The molecule has 186 valence electrons. The Kier molecular flexibility index (Phi) is 7.03. The minimum Gasteiger partial charge on any atom is -0.488 e. The molecule has 35 heavy (non-hydrogen) atoms. The van der Waals surface area contributed by atoms with Gasteiger partial charge in [0.2, 0.25) is 11.8 Å². The van der Waals surface area contributed by atoms with Gasteiger partial charge in [-0.25, -0.2) is 27.8 Å². The number of nitrogens with one attached hydrogen (secondary N) is 1. The standard InChI is InChI=1S/C23H25FN4O6S/c1-13(9-24)33-16-6-15(18-4-5-19(27-18)23-28-20(12-32-23)14(2)29)7-17(8-16)34-21-10-26-22(11-25-21)35(3,30)31/h4-8,10-11,13-14,20,27,29H,9,12H2,1-3H3/t13-,14+,20-/m0/s1. The molecule has 0 unspecified atom stereocenters. The second-order valence-corrected chi connectivity index (χ2v) is 10.1. The van der Waals surface area contributed by atoms with E-state index in [0.717, 1.165) is 12.5 Å². The average Bonchev–Trinajstić information content (AvgIpc) is 3.49. The van der Waals surface area contributed by atoms with Crippen LogP contribution in [-0.4, -0.2) is 72.2 Å². The first-order chi connectivity index (χ1) is 16.6. The molecule has 0 bridgehead atoms. The van der Waals surface area contributed by atoms with Crippen molar-refractivity contribution >= 4 is 15.7 Å². The number of aliphatic hydroxyl groups is 1. The van der Waals surface area contributed by atoms with Crippen LogP contribution in [0.2, 0.25) is 0 Å². The molecule has 0 radical (unpaired) electrons. The number of sulfone groups is 1. The third kappa shape index (κ3) is 5.95. The number of ether oxygens (including phenoxy) is 3. The van der Waals surface area contributed by atoms with E-state index in [2.05, 4.69) is 19.9 Å². The van der Waals surface area contributed by atoms with Crippen molar-refractivity contribution < 1.29 is 32.1 Å². The van der Waals surface area contributed by atoms with E-state index < -0.39 is 28.7 Å². The molecule has 0 spiro atoms. The summed E-state index contributed by atoms with van der Waals surface area (Å²) in [6.07, 6.45) is 2.05. The first kappa shape index (κ1) is 24.6. The Morgan fingerprint density at radius 1 is 1.17 bits per heavy atom. The monoisotopic (exact) mass is 504 g/mol. The average molecular weight is 505 g/mol. The van der Waals surface area contributed by atoms with Crippen LogP contribution < -0.4 is 9.47 Å². The number of aliphatic hydroxyl groups excluding tert-OH is 1. The highest BCUT2D eigenvalue weighted by atomic mass is 32.2. The SMILES string of the molecule is C[C@@H](CF)Oc1cc(Oc2cnc(S(C)(=O)=O)cn2)cc(-c2ccc(C3=N[C@H]([C@@H](C)O)CO3)[nH]2)c1. The van der Waals surface area contributed by atoms with Gasteiger partial charge < -0.3 is 24.3 Å². The van der Waals surface area contributed by atoms with E-state index in [4.69, 9.17) is 14.2 Å². The van der Waals surface area contributed by atoms with Crippen molar-refractivity contribution in [2.24, 2.45) is 4.99 Å². The molecule has 0 saturated heterocycles. The van der Waals surface area contributed by atoms with Crippen molar-refractivity contribution in [3.8, 4) is 28.6 Å². The summed E-state index contributed by atoms with van der Waals surface area (Å²) < 4.78 is 53.3. The topological polar surface area (TPSA) is 136 Å². The Morgan fingerprint density at radius 3 is 2.54 bits per heavy atom. The van der Waals surface area contributed by atoms with Crippen molar-refractivity contribution in [1.82, 2.24) is 15.0 Å². The van der Waals surface area contributed by atoms with Gasteiger partial charge in [0.15, 0.2) is 14.9 Å². The number of hydrogen-bond donors (Lipinski definition) is 2. The fraction of sp³-hybridized carbons (Fsp3) is 0.348. The van der Waals surface area contributed by atoms with Crippen molar-refractivity contribution in [2.45, 2.75) is 37.1 Å². The number of rotatable bonds is 9. The highest BCUT2D eigenvalue weighted by Gasteiger charge is 2.25. The van der Waals surface area contributed by atoms with Crippen LogP contribution in [0.3, 0.4) is 0 Å². The summed E-state index contributed by atoms with van der Waals surface area (Å²) in [6.45, 7) is 2.88. The summed E-state index contributed by atoms with van der Waals surface area (Å²) in [5, 5.41) is 9.57. The van der Waals surface area contributed by atoms with Crippen LogP contribution in [0.15, 0.2) is 52.7 Å². The van der Waals surface area contributed by atoms with Gasteiger partial charge in [-0.2, -0.15) is 0 Å².